The summed E-state index contributed by atoms with van der Waals surface area (Å²) in [7, 11) is 1.80. The highest BCUT2D eigenvalue weighted by molar-refractivity contribution is 5.95. The van der Waals surface area contributed by atoms with Crippen LogP contribution in [0.5, 0.6) is 0 Å². The summed E-state index contributed by atoms with van der Waals surface area (Å²) in [6.07, 6.45) is 5.26. The third-order valence-electron chi connectivity index (χ3n) is 4.38. The molecule has 0 aliphatic heterocycles. The standard InChI is InChI=1S/C20H24N6O/c1-5-7-17-11-21-14(3)25-18(17)15-8-6-9-16(10-15)20(27)24-13(2)19-22-12-23-26(19)4/h6,8-13H,5,7H2,1-4H3,(H,24,27)/t13-/m1/s1. The fraction of sp³-hybridized carbons (Fsp3) is 0.350. The summed E-state index contributed by atoms with van der Waals surface area (Å²) in [4.78, 5) is 25.8. The van der Waals surface area contributed by atoms with Gasteiger partial charge in [0, 0.05) is 24.4 Å². The Labute approximate surface area is 158 Å². The monoisotopic (exact) mass is 364 g/mol. The zero-order chi connectivity index (χ0) is 19.4. The van der Waals surface area contributed by atoms with Gasteiger partial charge < -0.3 is 5.32 Å². The summed E-state index contributed by atoms with van der Waals surface area (Å²) in [6, 6.07) is 7.29. The van der Waals surface area contributed by atoms with Gasteiger partial charge in [0.2, 0.25) is 0 Å². The van der Waals surface area contributed by atoms with Gasteiger partial charge in [-0.25, -0.2) is 15.0 Å². The van der Waals surface area contributed by atoms with Crippen molar-refractivity contribution < 1.29 is 4.79 Å². The normalized spacial score (nSPS) is 12.0. The number of hydrogen-bond donors (Lipinski definition) is 1. The molecule has 0 aliphatic rings. The van der Waals surface area contributed by atoms with Gasteiger partial charge in [-0.15, -0.1) is 0 Å². The average molecular weight is 364 g/mol. The number of benzene rings is 1. The highest BCUT2D eigenvalue weighted by atomic mass is 16.1. The number of hydrogen-bond acceptors (Lipinski definition) is 5. The summed E-state index contributed by atoms with van der Waals surface area (Å²) in [5.41, 5.74) is 3.48. The highest BCUT2D eigenvalue weighted by Gasteiger charge is 2.16. The Morgan fingerprint density at radius 2 is 2.11 bits per heavy atom. The van der Waals surface area contributed by atoms with Gasteiger partial charge in [0.1, 0.15) is 18.0 Å². The largest absolute Gasteiger partial charge is 0.342 e. The second-order valence-corrected chi connectivity index (χ2v) is 6.56. The molecule has 2 aromatic heterocycles. The van der Waals surface area contributed by atoms with Crippen molar-refractivity contribution >= 4 is 5.91 Å². The van der Waals surface area contributed by atoms with Crippen LogP contribution in [0.2, 0.25) is 0 Å². The van der Waals surface area contributed by atoms with Crippen LogP contribution >= 0.6 is 0 Å². The Morgan fingerprint density at radius 1 is 1.30 bits per heavy atom. The number of aromatic nitrogens is 5. The summed E-state index contributed by atoms with van der Waals surface area (Å²) < 4.78 is 1.65. The molecule has 0 aliphatic carbocycles. The predicted octanol–water partition coefficient (Wildman–Crippen LogP) is 3.02. The molecular weight excluding hydrogens is 340 g/mol. The van der Waals surface area contributed by atoms with E-state index in [0.717, 1.165) is 35.5 Å². The maximum atomic E-state index is 12.7. The summed E-state index contributed by atoms with van der Waals surface area (Å²) in [6.45, 7) is 5.89. The van der Waals surface area contributed by atoms with Gasteiger partial charge in [-0.05, 0) is 38.0 Å². The number of aryl methyl sites for hydroxylation is 3. The fourth-order valence-electron chi connectivity index (χ4n) is 3.05. The maximum absolute atomic E-state index is 12.7. The molecule has 0 saturated carbocycles. The molecule has 0 saturated heterocycles. The van der Waals surface area contributed by atoms with E-state index >= 15 is 0 Å². The van der Waals surface area contributed by atoms with Crippen LogP contribution in [0.4, 0.5) is 0 Å². The number of nitrogens with zero attached hydrogens (tertiary/aromatic N) is 5. The quantitative estimate of drug-likeness (QED) is 0.727. The van der Waals surface area contributed by atoms with Crippen LogP contribution < -0.4 is 5.32 Å². The Balaban J connectivity index is 1.87. The van der Waals surface area contributed by atoms with Crippen LogP contribution in [0.25, 0.3) is 11.3 Å². The van der Waals surface area contributed by atoms with E-state index in [2.05, 4.69) is 32.3 Å². The lowest BCUT2D eigenvalue weighted by Crippen LogP contribution is -2.28. The van der Waals surface area contributed by atoms with Gasteiger partial charge in [0.05, 0.1) is 11.7 Å². The van der Waals surface area contributed by atoms with Gasteiger partial charge in [0.25, 0.3) is 5.91 Å². The maximum Gasteiger partial charge on any atom is 0.251 e. The lowest BCUT2D eigenvalue weighted by Gasteiger charge is -2.14. The summed E-state index contributed by atoms with van der Waals surface area (Å²) in [5.74, 6) is 1.27. The Hall–Kier alpha value is -3.09. The van der Waals surface area contributed by atoms with Crippen molar-refractivity contribution in [3.63, 3.8) is 0 Å². The molecular formula is C20H24N6O. The molecule has 2 heterocycles. The smallest absolute Gasteiger partial charge is 0.251 e. The number of carbonyl (C=O) groups is 1. The first-order valence-electron chi connectivity index (χ1n) is 9.07. The summed E-state index contributed by atoms with van der Waals surface area (Å²) in [5, 5.41) is 7.02. The molecule has 0 fully saturated rings. The molecule has 1 N–H and O–H groups in total. The topological polar surface area (TPSA) is 85.6 Å². The molecule has 3 rings (SSSR count). The van der Waals surface area contributed by atoms with Crippen LogP contribution in [0, 0.1) is 6.92 Å². The Bertz CT molecular complexity index is 949. The molecule has 1 amide bonds. The number of carbonyl (C=O) groups excluding carboxylic acids is 1. The second kappa shape index (κ2) is 8.07. The first kappa shape index (κ1) is 18.7. The van der Waals surface area contributed by atoms with E-state index < -0.39 is 0 Å². The van der Waals surface area contributed by atoms with E-state index in [4.69, 9.17) is 0 Å². The van der Waals surface area contributed by atoms with E-state index in [1.165, 1.54) is 6.33 Å². The molecule has 27 heavy (non-hydrogen) atoms. The number of amides is 1. The van der Waals surface area contributed by atoms with Crippen LogP contribution in [-0.4, -0.2) is 30.6 Å². The molecule has 7 nitrogen and oxygen atoms in total. The highest BCUT2D eigenvalue weighted by Crippen LogP contribution is 2.24. The number of nitrogens with one attached hydrogen (secondary N) is 1. The Kier molecular flexibility index (Phi) is 5.59. The van der Waals surface area contributed by atoms with Crippen molar-refractivity contribution in [2.75, 3.05) is 0 Å². The molecule has 7 heteroatoms. The zero-order valence-corrected chi connectivity index (χ0v) is 16.1. The van der Waals surface area contributed by atoms with Crippen LogP contribution in [-0.2, 0) is 13.5 Å². The third-order valence-corrected chi connectivity index (χ3v) is 4.38. The SMILES string of the molecule is CCCc1cnc(C)nc1-c1cccc(C(=O)N[C@H](C)c2ncnn2C)c1. The van der Waals surface area contributed by atoms with Crippen LogP contribution in [0.15, 0.2) is 36.8 Å². The van der Waals surface area contributed by atoms with E-state index in [1.807, 2.05) is 38.2 Å². The van der Waals surface area contributed by atoms with E-state index in [0.29, 0.717) is 11.4 Å². The lowest BCUT2D eigenvalue weighted by molar-refractivity contribution is 0.0937. The van der Waals surface area contributed by atoms with Crippen molar-refractivity contribution in [2.24, 2.45) is 7.05 Å². The van der Waals surface area contributed by atoms with Gasteiger partial charge in [-0.1, -0.05) is 25.5 Å². The lowest BCUT2D eigenvalue weighted by atomic mass is 10.0. The first-order chi connectivity index (χ1) is 13.0. The third kappa shape index (κ3) is 4.19. The van der Waals surface area contributed by atoms with Gasteiger partial charge in [0.15, 0.2) is 0 Å². The summed E-state index contributed by atoms with van der Waals surface area (Å²) >= 11 is 0. The van der Waals surface area contributed by atoms with E-state index in [-0.39, 0.29) is 11.9 Å². The van der Waals surface area contributed by atoms with Crippen molar-refractivity contribution in [3.8, 4) is 11.3 Å². The zero-order valence-electron chi connectivity index (χ0n) is 16.1. The van der Waals surface area contributed by atoms with Crippen molar-refractivity contribution in [2.45, 2.75) is 39.7 Å². The molecule has 140 valence electrons. The van der Waals surface area contributed by atoms with Gasteiger partial charge >= 0.3 is 0 Å². The molecule has 0 radical (unpaired) electrons. The molecule has 0 spiro atoms. The minimum Gasteiger partial charge on any atom is -0.342 e. The minimum atomic E-state index is -0.245. The van der Waals surface area contributed by atoms with Crippen molar-refractivity contribution in [3.05, 3.63) is 59.6 Å². The average Bonchev–Trinajstić information content (AvgIpc) is 3.09. The van der Waals surface area contributed by atoms with Crippen LogP contribution in [0.3, 0.4) is 0 Å². The van der Waals surface area contributed by atoms with Gasteiger partial charge in [-0.3, -0.25) is 9.48 Å². The molecule has 3 aromatic rings. The van der Waals surface area contributed by atoms with Gasteiger partial charge in [-0.2, -0.15) is 5.10 Å². The molecule has 1 aromatic carbocycles. The fourth-order valence-corrected chi connectivity index (χ4v) is 3.05. The second-order valence-electron chi connectivity index (χ2n) is 6.56. The van der Waals surface area contributed by atoms with Crippen LogP contribution in [0.1, 0.15) is 53.9 Å². The molecule has 1 atom stereocenters. The Morgan fingerprint density at radius 3 is 2.81 bits per heavy atom. The van der Waals surface area contributed by atoms with Crippen molar-refractivity contribution in [1.29, 1.82) is 0 Å². The van der Waals surface area contributed by atoms with E-state index in [1.54, 1.807) is 17.8 Å². The predicted molar refractivity (Wildman–Crippen MR) is 103 cm³/mol. The first-order valence-corrected chi connectivity index (χ1v) is 9.07. The van der Waals surface area contributed by atoms with Crippen molar-refractivity contribution in [1.82, 2.24) is 30.0 Å². The van der Waals surface area contributed by atoms with E-state index in [9.17, 15) is 4.79 Å². The molecule has 0 unspecified atom stereocenters. The molecule has 0 bridgehead atoms. The number of rotatable bonds is 6. The minimum absolute atomic E-state index is 0.157.